The second-order valence-corrected chi connectivity index (χ2v) is 4.94. The molecule has 0 bridgehead atoms. The molecule has 2 rings (SSSR count). The number of pyridine rings is 1. The molecule has 0 radical (unpaired) electrons. The van der Waals surface area contributed by atoms with Crippen molar-refractivity contribution in [1.82, 2.24) is 9.88 Å². The Hall–Kier alpha value is -1.50. The fourth-order valence-corrected chi connectivity index (χ4v) is 2.31. The second-order valence-electron chi connectivity index (χ2n) is 4.94. The molecule has 20 heavy (non-hydrogen) atoms. The van der Waals surface area contributed by atoms with Gasteiger partial charge in [-0.2, -0.15) is 13.2 Å². The summed E-state index contributed by atoms with van der Waals surface area (Å²) < 4.78 is 51.6. The lowest BCUT2D eigenvalue weighted by atomic mass is 10.0. The van der Waals surface area contributed by atoms with Crippen LogP contribution in [0, 0.1) is 5.82 Å². The van der Waals surface area contributed by atoms with E-state index in [2.05, 4.69) is 4.98 Å². The normalized spacial score (nSPS) is 21.2. The average molecular weight is 290 g/mol. The molecule has 0 unspecified atom stereocenters. The van der Waals surface area contributed by atoms with E-state index >= 15 is 0 Å². The molecule has 1 saturated heterocycles. The van der Waals surface area contributed by atoms with Crippen molar-refractivity contribution in [1.29, 1.82) is 0 Å². The molecule has 1 fully saturated rings. The van der Waals surface area contributed by atoms with Crippen LogP contribution >= 0.6 is 0 Å². The van der Waals surface area contributed by atoms with Crippen molar-refractivity contribution in [2.75, 3.05) is 6.54 Å². The Bertz CT molecular complexity index is 516. The molecule has 1 aliphatic heterocycles. The van der Waals surface area contributed by atoms with Crippen molar-refractivity contribution >= 4 is 5.78 Å². The van der Waals surface area contributed by atoms with Gasteiger partial charge in [0.15, 0.2) is 11.5 Å². The number of nitrogens with zero attached hydrogens (tertiary/aromatic N) is 2. The summed E-state index contributed by atoms with van der Waals surface area (Å²) in [7, 11) is 0. The van der Waals surface area contributed by atoms with Gasteiger partial charge in [0, 0.05) is 43.7 Å². The molecule has 0 N–H and O–H groups in total. The van der Waals surface area contributed by atoms with Crippen molar-refractivity contribution in [2.24, 2.45) is 0 Å². The molecule has 1 aromatic heterocycles. The highest BCUT2D eigenvalue weighted by Crippen LogP contribution is 2.31. The number of hydrogen-bond donors (Lipinski definition) is 0. The monoisotopic (exact) mass is 290 g/mol. The maximum absolute atomic E-state index is 13.9. The van der Waals surface area contributed by atoms with E-state index < -0.39 is 17.7 Å². The number of carbonyl (C=O) groups excluding carboxylic acids is 1. The van der Waals surface area contributed by atoms with E-state index in [9.17, 15) is 22.4 Å². The zero-order valence-electron chi connectivity index (χ0n) is 10.9. The van der Waals surface area contributed by atoms with Gasteiger partial charge in [0.2, 0.25) is 0 Å². The quantitative estimate of drug-likeness (QED) is 0.785. The van der Waals surface area contributed by atoms with E-state index in [4.69, 9.17) is 0 Å². The summed E-state index contributed by atoms with van der Waals surface area (Å²) >= 11 is 0. The number of hydrogen-bond acceptors (Lipinski definition) is 3. The highest BCUT2D eigenvalue weighted by Gasteiger charge is 2.37. The largest absolute Gasteiger partial charge is 0.436 e. The molecule has 0 aliphatic carbocycles. The molecule has 3 nitrogen and oxygen atoms in total. The highest BCUT2D eigenvalue weighted by atomic mass is 19.4. The number of aromatic nitrogens is 1. The fraction of sp³-hybridized carbons (Fsp3) is 0.538. The molecule has 1 atom stereocenters. The van der Waals surface area contributed by atoms with Crippen molar-refractivity contribution in [3.63, 3.8) is 0 Å². The van der Waals surface area contributed by atoms with Crippen LogP contribution < -0.4 is 0 Å². The summed E-state index contributed by atoms with van der Waals surface area (Å²) in [4.78, 5) is 16.1. The lowest BCUT2D eigenvalue weighted by Gasteiger charge is -2.32. The van der Waals surface area contributed by atoms with Crippen LogP contribution in [0.4, 0.5) is 17.6 Å². The number of likely N-dealkylation sites (tertiary alicyclic amines) is 1. The Labute approximate surface area is 113 Å². The first kappa shape index (κ1) is 14.9. The third-order valence-corrected chi connectivity index (χ3v) is 3.44. The minimum absolute atomic E-state index is 0.0475. The SMILES string of the molecule is C[C@H]1CC(=O)CCN1Cc1ccnc(C(F)(F)F)c1F. The van der Waals surface area contributed by atoms with Gasteiger partial charge in [-0.05, 0) is 13.0 Å². The van der Waals surface area contributed by atoms with Crippen LogP contribution in [0.15, 0.2) is 12.3 Å². The van der Waals surface area contributed by atoms with Crippen LogP contribution in [-0.4, -0.2) is 28.3 Å². The molecule has 0 spiro atoms. The van der Waals surface area contributed by atoms with Gasteiger partial charge in [0.25, 0.3) is 0 Å². The second kappa shape index (κ2) is 5.47. The Kier molecular flexibility index (Phi) is 4.08. The molecule has 1 aromatic rings. The predicted molar refractivity (Wildman–Crippen MR) is 63.3 cm³/mol. The Morgan fingerprint density at radius 3 is 2.75 bits per heavy atom. The summed E-state index contributed by atoms with van der Waals surface area (Å²) in [6.07, 6.45) is -3.15. The molecule has 110 valence electrons. The lowest BCUT2D eigenvalue weighted by molar-refractivity contribution is -0.143. The van der Waals surface area contributed by atoms with E-state index in [1.807, 2.05) is 0 Å². The van der Waals surface area contributed by atoms with Crippen LogP contribution in [0.3, 0.4) is 0 Å². The number of halogens is 4. The van der Waals surface area contributed by atoms with E-state index in [1.165, 1.54) is 6.07 Å². The topological polar surface area (TPSA) is 33.2 Å². The maximum Gasteiger partial charge on any atom is 0.436 e. The Morgan fingerprint density at radius 2 is 2.15 bits per heavy atom. The molecule has 0 saturated carbocycles. The van der Waals surface area contributed by atoms with Crippen molar-refractivity contribution in [3.8, 4) is 0 Å². The lowest BCUT2D eigenvalue weighted by Crippen LogP contribution is -2.40. The van der Waals surface area contributed by atoms with Crippen molar-refractivity contribution in [3.05, 3.63) is 29.3 Å². The zero-order chi connectivity index (χ0) is 14.9. The van der Waals surface area contributed by atoms with Crippen LogP contribution in [-0.2, 0) is 17.5 Å². The summed E-state index contributed by atoms with van der Waals surface area (Å²) in [5.74, 6) is -1.20. The minimum atomic E-state index is -4.80. The van der Waals surface area contributed by atoms with Crippen LogP contribution in [0.25, 0.3) is 0 Å². The van der Waals surface area contributed by atoms with Gasteiger partial charge >= 0.3 is 6.18 Å². The summed E-state index contributed by atoms with van der Waals surface area (Å²) in [5.41, 5.74) is -1.54. The number of piperidine rings is 1. The van der Waals surface area contributed by atoms with Gasteiger partial charge in [-0.15, -0.1) is 0 Å². The van der Waals surface area contributed by atoms with Gasteiger partial charge < -0.3 is 0 Å². The van der Waals surface area contributed by atoms with Crippen molar-refractivity contribution in [2.45, 2.75) is 38.5 Å². The average Bonchev–Trinajstić information content (AvgIpc) is 2.33. The zero-order valence-corrected chi connectivity index (χ0v) is 10.9. The first-order valence-corrected chi connectivity index (χ1v) is 6.25. The highest BCUT2D eigenvalue weighted by molar-refractivity contribution is 5.79. The molecule has 2 heterocycles. The van der Waals surface area contributed by atoms with Crippen LogP contribution in [0.1, 0.15) is 31.0 Å². The minimum Gasteiger partial charge on any atom is -0.300 e. The first-order chi connectivity index (χ1) is 9.29. The first-order valence-electron chi connectivity index (χ1n) is 6.25. The van der Waals surface area contributed by atoms with Gasteiger partial charge in [-0.1, -0.05) is 0 Å². The summed E-state index contributed by atoms with van der Waals surface area (Å²) in [6, 6.07) is 1.14. The smallest absolute Gasteiger partial charge is 0.300 e. The molecule has 1 aliphatic rings. The Balaban J connectivity index is 2.20. The summed E-state index contributed by atoms with van der Waals surface area (Å²) in [5, 5.41) is 0. The van der Waals surface area contributed by atoms with E-state index in [1.54, 1.807) is 11.8 Å². The van der Waals surface area contributed by atoms with Gasteiger partial charge in [0.05, 0.1) is 0 Å². The number of carbonyl (C=O) groups is 1. The predicted octanol–water partition coefficient (Wildman–Crippen LogP) is 2.79. The van der Waals surface area contributed by atoms with Crippen LogP contribution in [0.2, 0.25) is 0 Å². The van der Waals surface area contributed by atoms with E-state index in [-0.39, 0.29) is 23.9 Å². The Morgan fingerprint density at radius 1 is 1.45 bits per heavy atom. The van der Waals surface area contributed by atoms with Crippen molar-refractivity contribution < 1.29 is 22.4 Å². The number of Topliss-reactive ketones (excluding diaryl/α,β-unsaturated/α-hetero) is 1. The molecule has 7 heteroatoms. The standard InChI is InChI=1S/C13H14F4N2O/c1-8-6-10(20)3-5-19(8)7-9-2-4-18-12(11(9)14)13(15,16)17/h2,4,8H,3,5-7H2,1H3/t8-/m0/s1. The number of alkyl halides is 3. The van der Waals surface area contributed by atoms with Gasteiger partial charge in [-0.25, -0.2) is 9.37 Å². The van der Waals surface area contributed by atoms with Gasteiger partial charge in [0.1, 0.15) is 5.78 Å². The maximum atomic E-state index is 13.9. The molecule has 0 amide bonds. The fourth-order valence-electron chi connectivity index (χ4n) is 2.31. The number of ketones is 1. The third kappa shape index (κ3) is 3.15. The summed E-state index contributed by atoms with van der Waals surface area (Å²) in [6.45, 7) is 2.29. The molecular formula is C13H14F4N2O. The van der Waals surface area contributed by atoms with Crippen LogP contribution in [0.5, 0.6) is 0 Å². The van der Waals surface area contributed by atoms with E-state index in [0.717, 1.165) is 6.20 Å². The molecular weight excluding hydrogens is 276 g/mol. The molecule has 0 aromatic carbocycles. The van der Waals surface area contributed by atoms with E-state index in [0.29, 0.717) is 19.4 Å². The third-order valence-electron chi connectivity index (χ3n) is 3.44. The number of rotatable bonds is 2. The van der Waals surface area contributed by atoms with Gasteiger partial charge in [-0.3, -0.25) is 9.69 Å².